The summed E-state index contributed by atoms with van der Waals surface area (Å²) in [6.07, 6.45) is 0. The van der Waals surface area contributed by atoms with Gasteiger partial charge in [0, 0.05) is 29.0 Å². The maximum Gasteiger partial charge on any atom is 0.326 e. The number of carbonyl (C=O) groups excluding carboxylic acids is 2. The summed E-state index contributed by atoms with van der Waals surface area (Å²) in [4.78, 5) is 31.8. The molecule has 4 aromatic rings. The maximum absolute atomic E-state index is 13.0. The van der Waals surface area contributed by atoms with Crippen molar-refractivity contribution in [2.45, 2.75) is 26.0 Å². The summed E-state index contributed by atoms with van der Waals surface area (Å²) in [6.45, 7) is 3.47. The molecule has 0 unspecified atom stereocenters. The number of nitrogens with one attached hydrogen (secondary N) is 2. The molecule has 0 aliphatic rings. The minimum Gasteiger partial charge on any atom is -0.389 e. The van der Waals surface area contributed by atoms with E-state index in [-0.39, 0.29) is 18.4 Å². The van der Waals surface area contributed by atoms with Crippen molar-refractivity contribution in [2.24, 2.45) is 0 Å². The maximum atomic E-state index is 13.0. The molecule has 3 amide bonds. The van der Waals surface area contributed by atoms with Crippen molar-refractivity contribution in [3.63, 3.8) is 0 Å². The summed E-state index contributed by atoms with van der Waals surface area (Å²) in [5, 5.41) is 25.5. The molecule has 1 aromatic heterocycles. The van der Waals surface area contributed by atoms with E-state index in [2.05, 4.69) is 15.6 Å². The lowest BCUT2D eigenvalue weighted by Gasteiger charge is -2.21. The van der Waals surface area contributed by atoms with Gasteiger partial charge >= 0.3 is 6.03 Å². The van der Waals surface area contributed by atoms with E-state index >= 15 is 0 Å². The normalized spacial score (nSPS) is 11.1. The lowest BCUT2D eigenvalue weighted by Crippen LogP contribution is -2.28. The number of hydrogen-bond donors (Lipinski definition) is 3. The van der Waals surface area contributed by atoms with Gasteiger partial charge < -0.3 is 19.9 Å². The second-order valence-electron chi connectivity index (χ2n) is 9.15. The first-order valence-corrected chi connectivity index (χ1v) is 11.8. The van der Waals surface area contributed by atoms with Gasteiger partial charge in [0.25, 0.3) is 5.91 Å². The van der Waals surface area contributed by atoms with Gasteiger partial charge in [0.05, 0.1) is 34.8 Å². The van der Waals surface area contributed by atoms with Crippen LogP contribution in [0.3, 0.4) is 0 Å². The molecule has 37 heavy (non-hydrogen) atoms. The van der Waals surface area contributed by atoms with Crippen LogP contribution in [0.5, 0.6) is 0 Å². The molecule has 0 aliphatic heterocycles. The highest BCUT2D eigenvalue weighted by Crippen LogP contribution is 2.27. The van der Waals surface area contributed by atoms with E-state index in [0.717, 1.165) is 0 Å². The van der Waals surface area contributed by atoms with Crippen LogP contribution < -0.4 is 15.5 Å². The molecule has 4 rings (SSSR count). The molecule has 0 fully saturated rings. The first kappa shape index (κ1) is 25.7. The number of imidazole rings is 1. The van der Waals surface area contributed by atoms with Crippen LogP contribution in [0.1, 0.15) is 29.8 Å². The number of aromatic nitrogens is 2. The number of nitrogens with zero attached hydrogens (tertiary/aromatic N) is 4. The number of rotatable bonds is 6. The van der Waals surface area contributed by atoms with Gasteiger partial charge in [0.15, 0.2) is 0 Å². The van der Waals surface area contributed by atoms with E-state index in [0.29, 0.717) is 38.6 Å². The molecule has 9 nitrogen and oxygen atoms in total. The number of carbonyl (C=O) groups is 2. The summed E-state index contributed by atoms with van der Waals surface area (Å²) < 4.78 is 1.70. The lowest BCUT2D eigenvalue weighted by molar-refractivity contribution is 0.0632. The fourth-order valence-electron chi connectivity index (χ4n) is 3.80. The van der Waals surface area contributed by atoms with E-state index in [1.807, 2.05) is 6.07 Å². The number of benzene rings is 3. The molecule has 0 spiro atoms. The van der Waals surface area contributed by atoms with Crippen molar-refractivity contribution < 1.29 is 14.7 Å². The topological polar surface area (TPSA) is 123 Å². The molecule has 0 saturated heterocycles. The zero-order valence-electron chi connectivity index (χ0n) is 20.5. The molecule has 3 N–H and O–H groups in total. The Morgan fingerprint density at radius 2 is 1.84 bits per heavy atom. The largest absolute Gasteiger partial charge is 0.389 e. The van der Waals surface area contributed by atoms with Crippen LogP contribution in [0.4, 0.5) is 22.1 Å². The molecule has 0 saturated carbocycles. The number of nitriles is 1. The van der Waals surface area contributed by atoms with Crippen LogP contribution in [0.15, 0.2) is 66.7 Å². The molecule has 3 aromatic carbocycles. The minimum atomic E-state index is -1.10. The smallest absolute Gasteiger partial charge is 0.326 e. The van der Waals surface area contributed by atoms with Crippen LogP contribution in [-0.4, -0.2) is 39.2 Å². The minimum absolute atomic E-state index is 0.155. The van der Waals surface area contributed by atoms with Crippen LogP contribution in [-0.2, 0) is 6.54 Å². The molecule has 1 heterocycles. The number of urea groups is 1. The van der Waals surface area contributed by atoms with Gasteiger partial charge in [-0.05, 0) is 74.5 Å². The molecular weight excluding hydrogens is 492 g/mol. The Morgan fingerprint density at radius 1 is 1.11 bits per heavy atom. The quantitative estimate of drug-likeness (QED) is 0.323. The highest BCUT2D eigenvalue weighted by molar-refractivity contribution is 6.30. The Labute approximate surface area is 218 Å². The SMILES string of the molecule is CN(C(=O)c1ccc(Cl)cc1)c1ccc2c(c1)nc(NC(=O)Nc1cccc(C#N)c1)n2CC(C)(C)O. The predicted molar refractivity (Wildman–Crippen MR) is 144 cm³/mol. The van der Waals surface area contributed by atoms with Crippen molar-refractivity contribution >= 4 is 51.9 Å². The van der Waals surface area contributed by atoms with Crippen LogP contribution in [0.2, 0.25) is 5.02 Å². The van der Waals surface area contributed by atoms with E-state index < -0.39 is 11.6 Å². The van der Waals surface area contributed by atoms with Crippen LogP contribution >= 0.6 is 11.6 Å². The summed E-state index contributed by atoms with van der Waals surface area (Å²) in [7, 11) is 1.66. The summed E-state index contributed by atoms with van der Waals surface area (Å²) in [5.74, 6) is -0.000778. The molecule has 0 aliphatic carbocycles. The highest BCUT2D eigenvalue weighted by atomic mass is 35.5. The van der Waals surface area contributed by atoms with Crippen LogP contribution in [0.25, 0.3) is 11.0 Å². The molecule has 10 heteroatoms. The Hall–Kier alpha value is -4.39. The monoisotopic (exact) mass is 516 g/mol. The fourth-order valence-corrected chi connectivity index (χ4v) is 3.93. The summed E-state index contributed by atoms with van der Waals surface area (Å²) in [6, 6.07) is 19.9. The third-order valence-electron chi connectivity index (χ3n) is 5.53. The third-order valence-corrected chi connectivity index (χ3v) is 5.79. The van der Waals surface area contributed by atoms with Gasteiger partial charge in [0.1, 0.15) is 0 Å². The second-order valence-corrected chi connectivity index (χ2v) is 9.59. The average molecular weight is 517 g/mol. The highest BCUT2D eigenvalue weighted by Gasteiger charge is 2.22. The Bertz CT molecular complexity index is 1520. The van der Waals surface area contributed by atoms with Gasteiger partial charge in [-0.3, -0.25) is 10.1 Å². The van der Waals surface area contributed by atoms with Crippen molar-refractivity contribution in [1.29, 1.82) is 5.26 Å². The van der Waals surface area contributed by atoms with Gasteiger partial charge in [0.2, 0.25) is 5.95 Å². The van der Waals surface area contributed by atoms with Gasteiger partial charge in [-0.1, -0.05) is 17.7 Å². The number of amides is 3. The van der Waals surface area contributed by atoms with Gasteiger partial charge in [-0.25, -0.2) is 9.78 Å². The van der Waals surface area contributed by atoms with Crippen molar-refractivity contribution in [1.82, 2.24) is 9.55 Å². The fraction of sp³-hybridized carbons (Fsp3) is 0.185. The van der Waals surface area contributed by atoms with Gasteiger partial charge in [-0.2, -0.15) is 5.26 Å². The first-order chi connectivity index (χ1) is 17.5. The van der Waals surface area contributed by atoms with E-state index in [1.54, 1.807) is 92.2 Å². The number of hydrogen-bond acceptors (Lipinski definition) is 5. The van der Waals surface area contributed by atoms with E-state index in [9.17, 15) is 14.7 Å². The Kier molecular flexibility index (Phi) is 7.16. The molecule has 188 valence electrons. The van der Waals surface area contributed by atoms with Crippen LogP contribution in [0, 0.1) is 11.3 Å². The summed E-state index contributed by atoms with van der Waals surface area (Å²) in [5.41, 5.74) is 2.05. The number of aliphatic hydroxyl groups is 1. The van der Waals surface area contributed by atoms with E-state index in [4.69, 9.17) is 16.9 Å². The lowest BCUT2D eigenvalue weighted by atomic mass is 10.1. The molecular formula is C27H25ClN6O3. The van der Waals surface area contributed by atoms with E-state index in [1.165, 1.54) is 4.90 Å². The van der Waals surface area contributed by atoms with Crippen molar-refractivity contribution in [2.75, 3.05) is 22.6 Å². The average Bonchev–Trinajstić information content (AvgIpc) is 3.18. The zero-order valence-corrected chi connectivity index (χ0v) is 21.2. The molecule has 0 bridgehead atoms. The molecule has 0 radical (unpaired) electrons. The Balaban J connectivity index is 1.64. The second kappa shape index (κ2) is 10.3. The molecule has 0 atom stereocenters. The van der Waals surface area contributed by atoms with Crippen molar-refractivity contribution in [3.8, 4) is 6.07 Å². The van der Waals surface area contributed by atoms with Gasteiger partial charge in [-0.15, -0.1) is 0 Å². The number of anilines is 3. The first-order valence-electron chi connectivity index (χ1n) is 11.4. The van der Waals surface area contributed by atoms with Crippen molar-refractivity contribution in [3.05, 3.63) is 82.9 Å². The third kappa shape index (κ3) is 6.06. The number of fused-ring (bicyclic) bond motifs is 1. The predicted octanol–water partition coefficient (Wildman–Crippen LogP) is 5.25. The standard InChI is InChI=1S/C27H25ClN6O3/c1-27(2,37)16-34-23-12-11-21(33(3)24(35)18-7-9-19(28)10-8-18)14-22(23)31-25(34)32-26(36)30-20-6-4-5-17(13-20)15-29/h4-14,37H,16H2,1-3H3,(H2,30,31,32,36). The Morgan fingerprint density at radius 3 is 2.51 bits per heavy atom. The zero-order chi connectivity index (χ0) is 26.7. The summed E-state index contributed by atoms with van der Waals surface area (Å²) >= 11 is 5.94. The number of halogens is 1.